The molecule has 0 aliphatic heterocycles. The SMILES string of the molecule is NC(=S)c1c(Cl)cccc1NC1CCCCCC1. The summed E-state index contributed by atoms with van der Waals surface area (Å²) in [7, 11) is 0. The van der Waals surface area contributed by atoms with Gasteiger partial charge in [-0.3, -0.25) is 0 Å². The molecule has 0 unspecified atom stereocenters. The Hall–Kier alpha value is -0.800. The minimum absolute atomic E-state index is 0.358. The van der Waals surface area contributed by atoms with Crippen LogP contribution in [0.3, 0.4) is 0 Å². The topological polar surface area (TPSA) is 38.0 Å². The largest absolute Gasteiger partial charge is 0.389 e. The first-order valence-corrected chi connectivity index (χ1v) is 7.32. The maximum atomic E-state index is 6.17. The van der Waals surface area contributed by atoms with Gasteiger partial charge in [-0.25, -0.2) is 0 Å². The Morgan fingerprint density at radius 1 is 1.22 bits per heavy atom. The lowest BCUT2D eigenvalue weighted by molar-refractivity contribution is 0.620. The van der Waals surface area contributed by atoms with Crippen LogP contribution in [0.4, 0.5) is 5.69 Å². The third kappa shape index (κ3) is 3.36. The number of hydrogen-bond donors (Lipinski definition) is 2. The lowest BCUT2D eigenvalue weighted by atomic mass is 10.1. The van der Waals surface area contributed by atoms with Gasteiger partial charge in [0.25, 0.3) is 0 Å². The lowest BCUT2D eigenvalue weighted by Crippen LogP contribution is -2.21. The Morgan fingerprint density at radius 2 is 1.89 bits per heavy atom. The molecule has 0 spiro atoms. The van der Waals surface area contributed by atoms with Gasteiger partial charge in [0.1, 0.15) is 4.99 Å². The minimum atomic E-state index is 0.358. The molecule has 0 heterocycles. The van der Waals surface area contributed by atoms with Gasteiger partial charge in [-0.2, -0.15) is 0 Å². The van der Waals surface area contributed by atoms with Gasteiger partial charge in [0, 0.05) is 11.7 Å². The molecule has 1 aromatic rings. The van der Waals surface area contributed by atoms with Crippen LogP contribution in [0.2, 0.25) is 5.02 Å². The number of anilines is 1. The van der Waals surface area contributed by atoms with Crippen molar-refractivity contribution in [1.82, 2.24) is 0 Å². The van der Waals surface area contributed by atoms with E-state index in [0.29, 0.717) is 16.1 Å². The molecule has 1 saturated carbocycles. The highest BCUT2D eigenvalue weighted by Gasteiger charge is 2.15. The van der Waals surface area contributed by atoms with Crippen molar-refractivity contribution in [1.29, 1.82) is 0 Å². The van der Waals surface area contributed by atoms with Crippen LogP contribution in [-0.4, -0.2) is 11.0 Å². The molecule has 0 atom stereocenters. The average molecular weight is 283 g/mol. The second kappa shape index (κ2) is 6.39. The van der Waals surface area contributed by atoms with E-state index in [2.05, 4.69) is 5.32 Å². The highest BCUT2D eigenvalue weighted by Crippen LogP contribution is 2.27. The van der Waals surface area contributed by atoms with E-state index in [9.17, 15) is 0 Å². The van der Waals surface area contributed by atoms with E-state index in [4.69, 9.17) is 29.6 Å². The number of benzene rings is 1. The van der Waals surface area contributed by atoms with Crippen molar-refractivity contribution in [3.8, 4) is 0 Å². The third-order valence-electron chi connectivity index (χ3n) is 3.47. The van der Waals surface area contributed by atoms with Crippen LogP contribution in [-0.2, 0) is 0 Å². The van der Waals surface area contributed by atoms with Gasteiger partial charge in [-0.05, 0) is 25.0 Å². The van der Waals surface area contributed by atoms with E-state index in [-0.39, 0.29) is 0 Å². The molecule has 18 heavy (non-hydrogen) atoms. The fourth-order valence-electron chi connectivity index (χ4n) is 2.54. The van der Waals surface area contributed by atoms with E-state index >= 15 is 0 Å². The second-order valence-electron chi connectivity index (χ2n) is 4.86. The van der Waals surface area contributed by atoms with E-state index in [1.807, 2.05) is 18.2 Å². The second-order valence-corrected chi connectivity index (χ2v) is 5.71. The maximum absolute atomic E-state index is 6.17. The van der Waals surface area contributed by atoms with E-state index in [1.54, 1.807) is 0 Å². The van der Waals surface area contributed by atoms with Crippen molar-refractivity contribution in [2.24, 2.45) is 5.73 Å². The lowest BCUT2D eigenvalue weighted by Gasteiger charge is -2.20. The molecule has 0 radical (unpaired) electrons. The minimum Gasteiger partial charge on any atom is -0.389 e. The van der Waals surface area contributed by atoms with E-state index in [1.165, 1.54) is 38.5 Å². The first kappa shape index (κ1) is 13.6. The van der Waals surface area contributed by atoms with Crippen molar-refractivity contribution < 1.29 is 0 Å². The number of nitrogens with two attached hydrogens (primary N) is 1. The summed E-state index contributed by atoms with van der Waals surface area (Å²) >= 11 is 11.3. The molecule has 98 valence electrons. The zero-order chi connectivity index (χ0) is 13.0. The van der Waals surface area contributed by atoms with Crippen LogP contribution in [0.15, 0.2) is 18.2 Å². The standard InChI is InChI=1S/C14H19ClN2S/c15-11-8-5-9-12(13(11)14(16)18)17-10-6-3-1-2-4-7-10/h5,8-10,17H,1-4,6-7H2,(H2,16,18). The Bertz CT molecular complexity index is 426. The Balaban J connectivity index is 2.17. The summed E-state index contributed by atoms with van der Waals surface area (Å²) in [6.07, 6.45) is 7.69. The molecule has 1 aliphatic rings. The molecule has 1 aromatic carbocycles. The summed E-state index contributed by atoms with van der Waals surface area (Å²) in [6, 6.07) is 6.28. The molecular formula is C14H19ClN2S. The summed E-state index contributed by atoms with van der Waals surface area (Å²) in [5, 5.41) is 4.19. The third-order valence-corrected chi connectivity index (χ3v) is 3.99. The summed E-state index contributed by atoms with van der Waals surface area (Å²) in [5.41, 5.74) is 7.51. The first-order chi connectivity index (χ1) is 8.68. The molecule has 0 amide bonds. The van der Waals surface area contributed by atoms with Crippen LogP contribution < -0.4 is 11.1 Å². The normalized spacial score (nSPS) is 17.2. The van der Waals surface area contributed by atoms with Crippen LogP contribution in [0, 0.1) is 0 Å². The molecule has 3 N–H and O–H groups in total. The Labute approximate surface area is 119 Å². The summed E-state index contributed by atoms with van der Waals surface area (Å²) in [6.45, 7) is 0. The molecule has 0 aromatic heterocycles. The van der Waals surface area contributed by atoms with Crippen molar-refractivity contribution in [3.63, 3.8) is 0 Å². The predicted octanol–water partition coefficient (Wildman–Crippen LogP) is 4.11. The number of nitrogens with one attached hydrogen (secondary N) is 1. The average Bonchev–Trinajstić information content (AvgIpc) is 2.57. The van der Waals surface area contributed by atoms with Crippen LogP contribution in [0.25, 0.3) is 0 Å². The van der Waals surface area contributed by atoms with Crippen LogP contribution in [0.5, 0.6) is 0 Å². The van der Waals surface area contributed by atoms with Gasteiger partial charge in [-0.15, -0.1) is 0 Å². The van der Waals surface area contributed by atoms with Gasteiger partial charge in [-0.1, -0.05) is 55.6 Å². The number of rotatable bonds is 3. The van der Waals surface area contributed by atoms with Crippen molar-refractivity contribution >= 4 is 34.5 Å². The van der Waals surface area contributed by atoms with Gasteiger partial charge < -0.3 is 11.1 Å². The number of hydrogen-bond acceptors (Lipinski definition) is 2. The van der Waals surface area contributed by atoms with Gasteiger partial charge in [0.05, 0.1) is 10.6 Å². The highest BCUT2D eigenvalue weighted by molar-refractivity contribution is 7.80. The smallest absolute Gasteiger partial charge is 0.107 e. The monoisotopic (exact) mass is 282 g/mol. The van der Waals surface area contributed by atoms with Crippen LogP contribution >= 0.6 is 23.8 Å². The van der Waals surface area contributed by atoms with Crippen molar-refractivity contribution in [2.45, 2.75) is 44.6 Å². The van der Waals surface area contributed by atoms with Gasteiger partial charge in [0.2, 0.25) is 0 Å². The molecule has 2 rings (SSSR count). The fourth-order valence-corrected chi connectivity index (χ4v) is 3.09. The predicted molar refractivity (Wildman–Crippen MR) is 82.5 cm³/mol. The zero-order valence-electron chi connectivity index (χ0n) is 10.4. The quantitative estimate of drug-likeness (QED) is 0.647. The first-order valence-electron chi connectivity index (χ1n) is 6.53. The molecule has 0 bridgehead atoms. The molecule has 1 aliphatic carbocycles. The fraction of sp³-hybridized carbons (Fsp3) is 0.500. The molecule has 2 nitrogen and oxygen atoms in total. The summed E-state index contributed by atoms with van der Waals surface area (Å²) in [4.78, 5) is 0.358. The maximum Gasteiger partial charge on any atom is 0.107 e. The Morgan fingerprint density at radius 3 is 2.50 bits per heavy atom. The summed E-state index contributed by atoms with van der Waals surface area (Å²) in [5.74, 6) is 0. The van der Waals surface area contributed by atoms with Crippen molar-refractivity contribution in [2.75, 3.05) is 5.32 Å². The molecule has 1 fully saturated rings. The number of halogens is 1. The zero-order valence-corrected chi connectivity index (χ0v) is 12.0. The highest BCUT2D eigenvalue weighted by atomic mass is 35.5. The molecule has 4 heteroatoms. The Kier molecular flexibility index (Phi) is 4.84. The van der Waals surface area contributed by atoms with Gasteiger partial charge >= 0.3 is 0 Å². The van der Waals surface area contributed by atoms with E-state index in [0.717, 1.165) is 11.3 Å². The van der Waals surface area contributed by atoms with Gasteiger partial charge in [0.15, 0.2) is 0 Å². The van der Waals surface area contributed by atoms with Crippen LogP contribution in [0.1, 0.15) is 44.1 Å². The van der Waals surface area contributed by atoms with Crippen molar-refractivity contribution in [3.05, 3.63) is 28.8 Å². The van der Waals surface area contributed by atoms with E-state index < -0.39 is 0 Å². The number of thiocarbonyl (C=S) groups is 1. The molecule has 0 saturated heterocycles. The summed E-state index contributed by atoms with van der Waals surface area (Å²) < 4.78 is 0. The molecular weight excluding hydrogens is 264 g/mol.